The minimum absolute atomic E-state index is 0.611. The highest BCUT2D eigenvalue weighted by Gasteiger charge is 2.00. The molecule has 5 heteroatoms. The minimum atomic E-state index is 0.611. The van der Waals surface area contributed by atoms with Crippen LogP contribution in [0.25, 0.3) is 5.69 Å². The Hall–Kier alpha value is -1.36. The molecular formula is C10H10BrN3O. The Morgan fingerprint density at radius 2 is 2.27 bits per heavy atom. The molecule has 2 aromatic heterocycles. The molecule has 4 nitrogen and oxygen atoms in total. The van der Waals surface area contributed by atoms with E-state index in [1.807, 2.05) is 22.9 Å². The van der Waals surface area contributed by atoms with Crippen molar-refractivity contribution in [1.29, 1.82) is 0 Å². The van der Waals surface area contributed by atoms with Gasteiger partial charge in [0, 0.05) is 17.6 Å². The molecule has 2 rings (SSSR count). The summed E-state index contributed by atoms with van der Waals surface area (Å²) in [5.41, 5.74) is 1.96. The van der Waals surface area contributed by atoms with Crippen LogP contribution >= 0.6 is 15.9 Å². The molecular weight excluding hydrogens is 258 g/mol. The van der Waals surface area contributed by atoms with Crippen molar-refractivity contribution in [3.05, 3.63) is 36.5 Å². The maximum Gasteiger partial charge on any atom is 0.213 e. The van der Waals surface area contributed by atoms with Crippen molar-refractivity contribution < 1.29 is 4.74 Å². The fourth-order valence-electron chi connectivity index (χ4n) is 1.22. The molecule has 0 N–H and O–H groups in total. The van der Waals surface area contributed by atoms with Crippen LogP contribution in [0.5, 0.6) is 5.88 Å². The molecule has 0 unspecified atom stereocenters. The van der Waals surface area contributed by atoms with Crippen LogP contribution in [0.2, 0.25) is 0 Å². The lowest BCUT2D eigenvalue weighted by Gasteiger charge is -2.02. The van der Waals surface area contributed by atoms with E-state index >= 15 is 0 Å². The number of rotatable bonds is 3. The molecule has 0 amide bonds. The number of halogens is 1. The van der Waals surface area contributed by atoms with Crippen molar-refractivity contribution in [2.45, 2.75) is 5.33 Å². The molecule has 0 saturated heterocycles. The van der Waals surface area contributed by atoms with Gasteiger partial charge < -0.3 is 9.30 Å². The van der Waals surface area contributed by atoms with Gasteiger partial charge in [0.1, 0.15) is 0 Å². The summed E-state index contributed by atoms with van der Waals surface area (Å²) in [5.74, 6) is 0.611. The number of pyridine rings is 1. The molecule has 0 saturated carbocycles. The molecule has 0 atom stereocenters. The Morgan fingerprint density at radius 1 is 1.40 bits per heavy atom. The molecule has 2 aromatic rings. The smallest absolute Gasteiger partial charge is 0.213 e. The minimum Gasteiger partial charge on any atom is -0.481 e. The number of nitrogens with zero attached hydrogens (tertiary/aromatic N) is 3. The van der Waals surface area contributed by atoms with Crippen LogP contribution in [0.1, 0.15) is 5.69 Å². The predicted octanol–water partition coefficient (Wildman–Crippen LogP) is 2.17. The second-order valence-electron chi connectivity index (χ2n) is 2.96. The molecule has 0 spiro atoms. The van der Waals surface area contributed by atoms with E-state index in [9.17, 15) is 0 Å². The van der Waals surface area contributed by atoms with Gasteiger partial charge in [-0.15, -0.1) is 0 Å². The van der Waals surface area contributed by atoms with Gasteiger partial charge in [-0.05, 0) is 6.07 Å². The summed E-state index contributed by atoms with van der Waals surface area (Å²) < 4.78 is 6.91. The number of ether oxygens (including phenoxy) is 1. The molecule has 2 heterocycles. The molecule has 0 aromatic carbocycles. The van der Waals surface area contributed by atoms with E-state index in [0.717, 1.165) is 16.7 Å². The summed E-state index contributed by atoms with van der Waals surface area (Å²) in [6.45, 7) is 0. The fourth-order valence-corrected chi connectivity index (χ4v) is 1.51. The van der Waals surface area contributed by atoms with Gasteiger partial charge in [0.05, 0.1) is 31.0 Å². The summed E-state index contributed by atoms with van der Waals surface area (Å²) in [5, 5.41) is 0.754. The van der Waals surface area contributed by atoms with Crippen molar-refractivity contribution in [3.63, 3.8) is 0 Å². The van der Waals surface area contributed by atoms with Crippen molar-refractivity contribution in [2.75, 3.05) is 7.11 Å². The molecule has 0 aliphatic heterocycles. The van der Waals surface area contributed by atoms with Gasteiger partial charge in [0.25, 0.3) is 0 Å². The largest absolute Gasteiger partial charge is 0.481 e. The predicted molar refractivity (Wildman–Crippen MR) is 60.5 cm³/mol. The van der Waals surface area contributed by atoms with Crippen LogP contribution in [0.15, 0.2) is 30.9 Å². The Bertz CT molecular complexity index is 438. The number of aromatic nitrogens is 3. The van der Waals surface area contributed by atoms with Crippen LogP contribution in [0.4, 0.5) is 0 Å². The summed E-state index contributed by atoms with van der Waals surface area (Å²) >= 11 is 3.35. The van der Waals surface area contributed by atoms with Crippen molar-refractivity contribution in [1.82, 2.24) is 14.5 Å². The standard InChI is InChI=1S/C10H10BrN3O/c1-15-10-3-2-9(5-12-10)14-6-8(4-11)13-7-14/h2-3,5-7H,4H2,1H3. The van der Waals surface area contributed by atoms with Gasteiger partial charge in [0.15, 0.2) is 0 Å². The molecule has 0 fully saturated rings. The van der Waals surface area contributed by atoms with E-state index in [4.69, 9.17) is 4.74 Å². The van der Waals surface area contributed by atoms with E-state index in [1.165, 1.54) is 0 Å². The third-order valence-electron chi connectivity index (χ3n) is 2.00. The monoisotopic (exact) mass is 267 g/mol. The van der Waals surface area contributed by atoms with E-state index in [1.54, 1.807) is 19.6 Å². The average Bonchev–Trinajstić information content (AvgIpc) is 2.78. The lowest BCUT2D eigenvalue weighted by Crippen LogP contribution is -1.92. The molecule has 0 aliphatic carbocycles. The number of alkyl halides is 1. The third kappa shape index (κ3) is 2.18. The second-order valence-corrected chi connectivity index (χ2v) is 3.53. The Kier molecular flexibility index (Phi) is 3.01. The fraction of sp³-hybridized carbons (Fsp3) is 0.200. The summed E-state index contributed by atoms with van der Waals surface area (Å²) in [7, 11) is 1.60. The van der Waals surface area contributed by atoms with Crippen LogP contribution < -0.4 is 4.74 Å². The highest BCUT2D eigenvalue weighted by atomic mass is 79.9. The highest BCUT2D eigenvalue weighted by Crippen LogP contribution is 2.12. The van der Waals surface area contributed by atoms with E-state index in [2.05, 4.69) is 25.9 Å². The van der Waals surface area contributed by atoms with Crippen LogP contribution in [-0.4, -0.2) is 21.6 Å². The first kappa shape index (κ1) is 10.2. The molecule has 0 radical (unpaired) electrons. The first-order valence-electron chi connectivity index (χ1n) is 4.42. The third-order valence-corrected chi connectivity index (χ3v) is 2.58. The van der Waals surface area contributed by atoms with Crippen LogP contribution in [0.3, 0.4) is 0 Å². The zero-order valence-corrected chi connectivity index (χ0v) is 9.81. The second kappa shape index (κ2) is 4.44. The first-order valence-corrected chi connectivity index (χ1v) is 5.55. The Balaban J connectivity index is 2.28. The number of imidazole rings is 1. The quantitative estimate of drug-likeness (QED) is 0.801. The normalized spacial score (nSPS) is 10.3. The summed E-state index contributed by atoms with van der Waals surface area (Å²) in [6, 6.07) is 3.76. The molecule has 0 bridgehead atoms. The van der Waals surface area contributed by atoms with Gasteiger partial charge >= 0.3 is 0 Å². The van der Waals surface area contributed by atoms with Gasteiger partial charge in [0.2, 0.25) is 5.88 Å². The number of hydrogen-bond acceptors (Lipinski definition) is 3. The average molecular weight is 268 g/mol. The van der Waals surface area contributed by atoms with Gasteiger partial charge in [-0.3, -0.25) is 0 Å². The van der Waals surface area contributed by atoms with Crippen molar-refractivity contribution in [3.8, 4) is 11.6 Å². The Morgan fingerprint density at radius 3 is 2.80 bits per heavy atom. The SMILES string of the molecule is COc1ccc(-n2cnc(CBr)c2)cn1. The van der Waals surface area contributed by atoms with Gasteiger partial charge in [-0.2, -0.15) is 0 Å². The van der Waals surface area contributed by atoms with Crippen LogP contribution in [0, 0.1) is 0 Å². The first-order chi connectivity index (χ1) is 7.33. The highest BCUT2D eigenvalue weighted by molar-refractivity contribution is 9.08. The lowest BCUT2D eigenvalue weighted by molar-refractivity contribution is 0.398. The van der Waals surface area contributed by atoms with Gasteiger partial charge in [-0.1, -0.05) is 15.9 Å². The number of hydrogen-bond donors (Lipinski definition) is 0. The Labute approximate surface area is 96.1 Å². The molecule has 15 heavy (non-hydrogen) atoms. The lowest BCUT2D eigenvalue weighted by atomic mass is 10.4. The topological polar surface area (TPSA) is 39.9 Å². The number of methoxy groups -OCH3 is 1. The van der Waals surface area contributed by atoms with E-state index < -0.39 is 0 Å². The maximum absolute atomic E-state index is 4.99. The van der Waals surface area contributed by atoms with E-state index in [-0.39, 0.29) is 0 Å². The van der Waals surface area contributed by atoms with E-state index in [0.29, 0.717) is 5.88 Å². The summed E-state index contributed by atoms with van der Waals surface area (Å²) in [4.78, 5) is 8.34. The maximum atomic E-state index is 4.99. The molecule has 0 aliphatic rings. The van der Waals surface area contributed by atoms with Crippen molar-refractivity contribution in [2.24, 2.45) is 0 Å². The zero-order valence-electron chi connectivity index (χ0n) is 8.22. The molecule has 78 valence electrons. The van der Waals surface area contributed by atoms with Crippen molar-refractivity contribution >= 4 is 15.9 Å². The summed E-state index contributed by atoms with van der Waals surface area (Å²) in [6.07, 6.45) is 5.47. The van der Waals surface area contributed by atoms with Gasteiger partial charge in [-0.25, -0.2) is 9.97 Å². The zero-order chi connectivity index (χ0) is 10.7. The van der Waals surface area contributed by atoms with Crippen LogP contribution in [-0.2, 0) is 5.33 Å².